The van der Waals surface area contributed by atoms with Crippen molar-refractivity contribution in [1.29, 1.82) is 0 Å². The van der Waals surface area contributed by atoms with Gasteiger partial charge in [-0.3, -0.25) is 4.40 Å². The first-order valence-electron chi connectivity index (χ1n) is 7.23. The molecule has 0 aliphatic heterocycles. The van der Waals surface area contributed by atoms with Gasteiger partial charge >= 0.3 is 0 Å². The summed E-state index contributed by atoms with van der Waals surface area (Å²) in [5, 5.41) is 8.66. The van der Waals surface area contributed by atoms with E-state index >= 15 is 0 Å². The Morgan fingerprint density at radius 3 is 2.79 bits per heavy atom. The van der Waals surface area contributed by atoms with Crippen molar-refractivity contribution in [3.05, 3.63) is 29.7 Å². The van der Waals surface area contributed by atoms with Crippen LogP contribution in [-0.2, 0) is 6.42 Å². The van der Waals surface area contributed by atoms with Gasteiger partial charge in [0.15, 0.2) is 5.65 Å². The summed E-state index contributed by atoms with van der Waals surface area (Å²) >= 11 is 0. The zero-order valence-electron chi connectivity index (χ0n) is 11.6. The number of hydrogen-bond acceptors (Lipinski definition) is 3. The summed E-state index contributed by atoms with van der Waals surface area (Å²) in [6.07, 6.45) is 9.43. The van der Waals surface area contributed by atoms with Gasteiger partial charge in [-0.25, -0.2) is 0 Å². The third kappa shape index (κ3) is 2.37. The van der Waals surface area contributed by atoms with Gasteiger partial charge in [0.1, 0.15) is 5.82 Å². The highest BCUT2D eigenvalue weighted by molar-refractivity contribution is 5.40. The number of rotatable bonds is 3. The molecule has 3 rings (SSSR count). The molecule has 0 aromatic carbocycles. The van der Waals surface area contributed by atoms with Crippen molar-refractivity contribution in [2.45, 2.75) is 45.4 Å². The molecule has 0 atom stereocenters. The Bertz CT molecular complexity index is 567. The molecule has 19 heavy (non-hydrogen) atoms. The summed E-state index contributed by atoms with van der Waals surface area (Å²) < 4.78 is 2.11. The molecule has 1 saturated carbocycles. The topological polar surface area (TPSA) is 56.2 Å². The summed E-state index contributed by atoms with van der Waals surface area (Å²) in [5.74, 6) is 1.06. The Kier molecular flexibility index (Phi) is 3.27. The van der Waals surface area contributed by atoms with E-state index in [1.165, 1.54) is 37.7 Å². The molecule has 0 bridgehead atoms. The van der Waals surface area contributed by atoms with E-state index in [1.54, 1.807) is 0 Å². The minimum absolute atomic E-state index is 0.242. The summed E-state index contributed by atoms with van der Waals surface area (Å²) in [6, 6.07) is 4.18. The van der Waals surface area contributed by atoms with E-state index in [-0.39, 0.29) is 5.41 Å². The highest BCUT2D eigenvalue weighted by Gasteiger charge is 2.32. The van der Waals surface area contributed by atoms with Gasteiger partial charge in [0.25, 0.3) is 0 Å². The monoisotopic (exact) mass is 258 g/mol. The lowest BCUT2D eigenvalue weighted by Gasteiger charge is -2.35. The Balaban J connectivity index is 1.91. The number of hydrogen-bond donors (Lipinski definition) is 1. The van der Waals surface area contributed by atoms with E-state index in [4.69, 9.17) is 5.73 Å². The van der Waals surface area contributed by atoms with E-state index in [2.05, 4.69) is 39.9 Å². The lowest BCUT2D eigenvalue weighted by atomic mass is 9.72. The molecule has 102 valence electrons. The van der Waals surface area contributed by atoms with Gasteiger partial charge in [0.2, 0.25) is 0 Å². The maximum atomic E-state index is 6.07. The maximum absolute atomic E-state index is 6.07. The lowest BCUT2D eigenvalue weighted by Crippen LogP contribution is -2.35. The largest absolute Gasteiger partial charge is 0.330 e. The van der Waals surface area contributed by atoms with Gasteiger partial charge in [-0.15, -0.1) is 10.2 Å². The van der Waals surface area contributed by atoms with Gasteiger partial charge in [-0.2, -0.15) is 0 Å². The molecule has 4 heteroatoms. The molecule has 1 fully saturated rings. The van der Waals surface area contributed by atoms with E-state index in [1.807, 2.05) is 0 Å². The number of nitrogens with zero attached hydrogens (tertiary/aromatic N) is 3. The van der Waals surface area contributed by atoms with Gasteiger partial charge in [0.05, 0.1) is 0 Å². The zero-order chi connectivity index (χ0) is 13.3. The van der Waals surface area contributed by atoms with Crippen molar-refractivity contribution in [3.8, 4) is 0 Å². The molecule has 0 amide bonds. The number of aromatic nitrogens is 3. The predicted octanol–water partition coefficient (Wildman–Crippen LogP) is 2.49. The third-order valence-corrected chi connectivity index (χ3v) is 4.52. The van der Waals surface area contributed by atoms with Crippen LogP contribution in [0.1, 0.15) is 43.5 Å². The fourth-order valence-electron chi connectivity index (χ4n) is 3.25. The van der Waals surface area contributed by atoms with Crippen LogP contribution in [0.15, 0.2) is 18.3 Å². The van der Waals surface area contributed by atoms with E-state index in [0.717, 1.165) is 24.4 Å². The van der Waals surface area contributed by atoms with Crippen molar-refractivity contribution < 1.29 is 0 Å². The van der Waals surface area contributed by atoms with Crippen LogP contribution in [0.3, 0.4) is 0 Å². The summed E-state index contributed by atoms with van der Waals surface area (Å²) in [7, 11) is 0. The number of nitrogens with two attached hydrogens (primary N) is 1. The highest BCUT2D eigenvalue weighted by Crippen LogP contribution is 2.38. The molecular formula is C15H22N4. The summed E-state index contributed by atoms with van der Waals surface area (Å²) in [4.78, 5) is 0. The molecule has 1 aliphatic carbocycles. The van der Waals surface area contributed by atoms with Gasteiger partial charge in [0, 0.05) is 12.6 Å². The predicted molar refractivity (Wildman–Crippen MR) is 76.0 cm³/mol. The smallest absolute Gasteiger partial charge is 0.161 e. The van der Waals surface area contributed by atoms with Crippen molar-refractivity contribution in [1.82, 2.24) is 14.6 Å². The minimum atomic E-state index is 0.242. The van der Waals surface area contributed by atoms with Gasteiger partial charge in [-0.05, 0) is 49.4 Å². The zero-order valence-corrected chi connectivity index (χ0v) is 11.6. The quantitative estimate of drug-likeness (QED) is 0.920. The van der Waals surface area contributed by atoms with E-state index < -0.39 is 0 Å². The summed E-state index contributed by atoms with van der Waals surface area (Å²) in [5.41, 5.74) is 8.47. The van der Waals surface area contributed by atoms with Crippen LogP contribution in [0.5, 0.6) is 0 Å². The molecule has 2 N–H and O–H groups in total. The van der Waals surface area contributed by atoms with Crippen molar-refractivity contribution in [2.24, 2.45) is 11.1 Å². The molecule has 2 aromatic rings. The number of fused-ring (bicyclic) bond motifs is 1. The van der Waals surface area contributed by atoms with E-state index in [0.29, 0.717) is 0 Å². The molecule has 1 aliphatic rings. The van der Waals surface area contributed by atoms with Crippen LogP contribution >= 0.6 is 0 Å². The molecule has 2 heterocycles. The third-order valence-electron chi connectivity index (χ3n) is 4.52. The van der Waals surface area contributed by atoms with Crippen molar-refractivity contribution in [3.63, 3.8) is 0 Å². The number of aryl methyl sites for hydroxylation is 1. The molecule has 0 radical (unpaired) electrons. The van der Waals surface area contributed by atoms with Crippen LogP contribution < -0.4 is 5.73 Å². The van der Waals surface area contributed by atoms with Gasteiger partial charge in [-0.1, -0.05) is 19.3 Å². The van der Waals surface area contributed by atoms with Crippen molar-refractivity contribution >= 4 is 5.65 Å². The normalized spacial score (nSPS) is 18.8. The fraction of sp³-hybridized carbons (Fsp3) is 0.600. The molecule has 0 spiro atoms. The Morgan fingerprint density at radius 1 is 1.26 bits per heavy atom. The lowest BCUT2D eigenvalue weighted by molar-refractivity contribution is 0.193. The second-order valence-electron chi connectivity index (χ2n) is 5.99. The first kappa shape index (κ1) is 12.6. The maximum Gasteiger partial charge on any atom is 0.161 e. The van der Waals surface area contributed by atoms with Crippen LogP contribution in [0.4, 0.5) is 0 Å². The summed E-state index contributed by atoms with van der Waals surface area (Å²) in [6.45, 7) is 2.84. The Labute approximate surface area is 114 Å². The second kappa shape index (κ2) is 4.93. The van der Waals surface area contributed by atoms with Crippen LogP contribution in [-0.4, -0.2) is 21.1 Å². The Hall–Kier alpha value is -1.42. The van der Waals surface area contributed by atoms with Crippen LogP contribution in [0.2, 0.25) is 0 Å². The fourth-order valence-corrected chi connectivity index (χ4v) is 3.25. The van der Waals surface area contributed by atoms with Gasteiger partial charge < -0.3 is 5.73 Å². The minimum Gasteiger partial charge on any atom is -0.330 e. The van der Waals surface area contributed by atoms with Crippen LogP contribution in [0, 0.1) is 12.3 Å². The first-order valence-corrected chi connectivity index (χ1v) is 7.23. The van der Waals surface area contributed by atoms with Crippen molar-refractivity contribution in [2.75, 3.05) is 6.54 Å². The number of pyridine rings is 1. The van der Waals surface area contributed by atoms with Crippen LogP contribution in [0.25, 0.3) is 5.65 Å². The SMILES string of the molecule is Cc1ccn2c(CC3(CN)CCCCC3)nnc2c1. The molecular weight excluding hydrogens is 236 g/mol. The molecule has 2 aromatic heterocycles. The molecule has 4 nitrogen and oxygen atoms in total. The Morgan fingerprint density at radius 2 is 2.05 bits per heavy atom. The average molecular weight is 258 g/mol. The molecule has 0 saturated heterocycles. The highest BCUT2D eigenvalue weighted by atomic mass is 15.2. The second-order valence-corrected chi connectivity index (χ2v) is 5.99. The molecule has 0 unspecified atom stereocenters. The van der Waals surface area contributed by atoms with E-state index in [9.17, 15) is 0 Å². The standard InChI is InChI=1S/C15H22N4/c1-12-5-8-19-13(9-12)17-18-14(19)10-15(11-16)6-3-2-4-7-15/h5,8-9H,2-4,6-7,10-11,16H2,1H3. The average Bonchev–Trinajstić information content (AvgIpc) is 2.82. The first-order chi connectivity index (χ1) is 9.22.